The van der Waals surface area contributed by atoms with Crippen LogP contribution in [-0.4, -0.2) is 3.81 Å². The van der Waals surface area contributed by atoms with Crippen LogP contribution in [0.1, 0.15) is 55.4 Å². The molecular formula is C19H30Cl2Ti. The summed E-state index contributed by atoms with van der Waals surface area (Å²) in [5.74, 6) is 1.13. The zero-order valence-electron chi connectivity index (χ0n) is 15.1. The first-order chi connectivity index (χ1) is 9.13. The third-order valence-corrected chi connectivity index (χ3v) is 3.14. The monoisotopic (exact) mass is 376 g/mol. The largest absolute Gasteiger partial charge is 0.147 e. The van der Waals surface area contributed by atoms with Gasteiger partial charge in [0.15, 0.2) is 0 Å². The van der Waals surface area contributed by atoms with Gasteiger partial charge in [0.2, 0.25) is 0 Å². The molecule has 0 fully saturated rings. The van der Waals surface area contributed by atoms with Crippen molar-refractivity contribution in [3.63, 3.8) is 0 Å². The molecule has 22 heavy (non-hydrogen) atoms. The zero-order valence-corrected chi connectivity index (χ0v) is 18.3. The Morgan fingerprint density at radius 3 is 1.09 bits per heavy atom. The van der Waals surface area contributed by atoms with Crippen molar-refractivity contribution in [2.24, 2.45) is 11.8 Å². The molecule has 2 aliphatic rings. The van der Waals surface area contributed by atoms with Gasteiger partial charge < -0.3 is 0 Å². The van der Waals surface area contributed by atoms with Gasteiger partial charge in [0, 0.05) is 0 Å². The average Bonchev–Trinajstić information content (AvgIpc) is 2.70. The predicted molar refractivity (Wildman–Crippen MR) is 102 cm³/mol. The van der Waals surface area contributed by atoms with E-state index in [1.54, 1.807) is 0 Å². The van der Waals surface area contributed by atoms with Crippen LogP contribution in [0.4, 0.5) is 0 Å². The van der Waals surface area contributed by atoms with Crippen molar-refractivity contribution in [3.05, 3.63) is 46.6 Å². The molecule has 0 aromatic rings. The normalized spacial score (nSPS) is 21.4. The second-order valence-corrected chi connectivity index (χ2v) is 7.44. The van der Waals surface area contributed by atoms with E-state index < -0.39 is 0 Å². The second-order valence-electron chi connectivity index (χ2n) is 5.87. The van der Waals surface area contributed by atoms with Gasteiger partial charge in [-0.25, -0.2) is 23.3 Å². The van der Waals surface area contributed by atoms with Gasteiger partial charge in [0.25, 0.3) is 0 Å². The van der Waals surface area contributed by atoms with Crippen LogP contribution in [0.2, 0.25) is 0 Å². The predicted octanol–water partition coefficient (Wildman–Crippen LogP) is 6.25. The van der Waals surface area contributed by atoms with Crippen LogP contribution in [-0.2, 0) is 20.0 Å². The molecule has 0 nitrogen and oxygen atoms in total. The standard InChI is InChI=1S/2C8H11.C3H6.2ClH.Ti/c2*1-6-4-7(2)8(3)5-6;1-3-2;;;/h2*4,8H,1-3H3;1-2H3;2*1H;/q2*-1;;;;+2. The van der Waals surface area contributed by atoms with Crippen LogP contribution in [0.5, 0.6) is 0 Å². The number of hydrogen-bond donors (Lipinski definition) is 0. The van der Waals surface area contributed by atoms with Crippen molar-refractivity contribution in [3.8, 4) is 0 Å². The molecule has 0 amide bonds. The summed E-state index contributed by atoms with van der Waals surface area (Å²) in [7, 11) is 0. The molecule has 124 valence electrons. The van der Waals surface area contributed by atoms with Crippen molar-refractivity contribution >= 4 is 28.6 Å². The molecular weight excluding hydrogens is 347 g/mol. The Labute approximate surface area is 162 Å². The fourth-order valence-corrected chi connectivity index (χ4v) is 1.93. The Bertz CT molecular complexity index is 426. The molecule has 2 rings (SSSR count). The van der Waals surface area contributed by atoms with E-state index in [2.05, 4.69) is 99.7 Å². The van der Waals surface area contributed by atoms with Crippen LogP contribution in [0, 0.1) is 24.0 Å². The van der Waals surface area contributed by atoms with Gasteiger partial charge in [-0.1, -0.05) is 53.4 Å². The SMILES string of the molecule is CC1=[C-]C(C)C(C)=C1.CC1=[C-]C(C)C(C)=C1.C[C](C)=[Ti+2].Cl.Cl. The molecule has 2 aliphatic carbocycles. The Balaban J connectivity index is -0.000000249. The van der Waals surface area contributed by atoms with Gasteiger partial charge in [0.1, 0.15) is 0 Å². The fourth-order valence-electron chi connectivity index (χ4n) is 1.93. The van der Waals surface area contributed by atoms with Gasteiger partial charge in [-0.3, -0.25) is 12.2 Å². The molecule has 2 unspecified atom stereocenters. The zero-order chi connectivity index (χ0) is 15.9. The fraction of sp³-hybridized carbons (Fsp3) is 0.526. The molecule has 0 radical (unpaired) electrons. The van der Waals surface area contributed by atoms with Crippen molar-refractivity contribution in [2.45, 2.75) is 55.4 Å². The van der Waals surface area contributed by atoms with E-state index in [1.165, 1.54) is 26.1 Å². The minimum atomic E-state index is 0. The number of allylic oxidation sites excluding steroid dienone is 8. The summed E-state index contributed by atoms with van der Waals surface area (Å²) in [6, 6.07) is 0. The third kappa shape index (κ3) is 12.6. The van der Waals surface area contributed by atoms with Gasteiger partial charge in [-0.2, -0.15) is 11.1 Å². The quantitative estimate of drug-likeness (QED) is 0.346. The molecule has 0 aromatic heterocycles. The molecule has 0 N–H and O–H groups in total. The minimum absolute atomic E-state index is 0. The molecule has 0 aliphatic heterocycles. The van der Waals surface area contributed by atoms with E-state index in [9.17, 15) is 0 Å². The van der Waals surface area contributed by atoms with E-state index in [0.717, 1.165) is 0 Å². The third-order valence-electron chi connectivity index (χ3n) is 3.14. The summed E-state index contributed by atoms with van der Waals surface area (Å²) in [5, 5.41) is 0. The Morgan fingerprint density at radius 1 is 0.818 bits per heavy atom. The summed E-state index contributed by atoms with van der Waals surface area (Å²) in [4.78, 5) is 0. The summed E-state index contributed by atoms with van der Waals surface area (Å²) in [6.45, 7) is 17.0. The Hall–Kier alpha value is 0.124. The topological polar surface area (TPSA) is 0 Å². The van der Waals surface area contributed by atoms with Crippen LogP contribution in [0.3, 0.4) is 0 Å². The van der Waals surface area contributed by atoms with Gasteiger partial charge in [-0.15, -0.1) is 24.8 Å². The molecule has 0 spiro atoms. The summed E-state index contributed by atoms with van der Waals surface area (Å²) >= 11 is 2.08. The summed E-state index contributed by atoms with van der Waals surface area (Å²) < 4.78 is 1.42. The molecule has 0 saturated heterocycles. The van der Waals surface area contributed by atoms with E-state index in [-0.39, 0.29) is 24.8 Å². The molecule has 0 heterocycles. The molecule has 0 bridgehead atoms. The van der Waals surface area contributed by atoms with Crippen LogP contribution in [0.25, 0.3) is 0 Å². The first-order valence-corrected chi connectivity index (χ1v) is 7.99. The smallest absolute Gasteiger partial charge is 0.147 e. The number of hydrogen-bond acceptors (Lipinski definition) is 0. The first-order valence-electron chi connectivity index (χ1n) is 7.21. The molecule has 0 saturated carbocycles. The Morgan fingerprint density at radius 2 is 1.05 bits per heavy atom. The Kier molecular flexibility index (Phi) is 16.6. The van der Waals surface area contributed by atoms with Gasteiger partial charge >= 0.3 is 37.6 Å². The number of rotatable bonds is 0. The van der Waals surface area contributed by atoms with Crippen LogP contribution in [0.15, 0.2) is 34.4 Å². The minimum Gasteiger partial charge on any atom is -0.147 e. The molecule has 0 aromatic carbocycles. The summed E-state index contributed by atoms with van der Waals surface area (Å²) in [6.07, 6.45) is 11.0. The van der Waals surface area contributed by atoms with Gasteiger partial charge in [-0.05, 0) is 0 Å². The number of halogens is 2. The maximum atomic E-state index is 3.29. The maximum absolute atomic E-state index is 3.29. The molecule has 2 atom stereocenters. The summed E-state index contributed by atoms with van der Waals surface area (Å²) in [5.41, 5.74) is 5.44. The van der Waals surface area contributed by atoms with E-state index in [4.69, 9.17) is 0 Å². The van der Waals surface area contributed by atoms with Crippen molar-refractivity contribution in [1.29, 1.82) is 0 Å². The van der Waals surface area contributed by atoms with Crippen molar-refractivity contribution in [2.75, 3.05) is 0 Å². The van der Waals surface area contributed by atoms with Crippen molar-refractivity contribution < 1.29 is 20.0 Å². The second kappa shape index (κ2) is 13.6. The average molecular weight is 377 g/mol. The van der Waals surface area contributed by atoms with E-state index in [1.807, 2.05) is 0 Å². The first kappa shape index (κ1) is 27.0. The van der Waals surface area contributed by atoms with Gasteiger partial charge in [0.05, 0.1) is 0 Å². The molecule has 3 heteroatoms. The van der Waals surface area contributed by atoms with Crippen LogP contribution >= 0.6 is 24.8 Å². The maximum Gasteiger partial charge on any atom is -0.147 e. The van der Waals surface area contributed by atoms with Crippen molar-refractivity contribution in [1.82, 2.24) is 0 Å². The van der Waals surface area contributed by atoms with E-state index in [0.29, 0.717) is 11.8 Å². The van der Waals surface area contributed by atoms with Crippen LogP contribution < -0.4 is 0 Å². The van der Waals surface area contributed by atoms with E-state index >= 15 is 0 Å².